The molecule has 1 atom stereocenters. The van der Waals surface area contributed by atoms with Crippen molar-refractivity contribution in [2.75, 3.05) is 5.32 Å². The third-order valence-corrected chi connectivity index (χ3v) is 1.90. The first-order valence-electron chi connectivity index (χ1n) is 4.69. The highest BCUT2D eigenvalue weighted by molar-refractivity contribution is 5.82. The van der Waals surface area contributed by atoms with Crippen molar-refractivity contribution in [2.24, 2.45) is 5.73 Å². The van der Waals surface area contributed by atoms with E-state index in [9.17, 15) is 18.0 Å². The van der Waals surface area contributed by atoms with Gasteiger partial charge < -0.3 is 15.8 Å². The van der Waals surface area contributed by atoms with E-state index < -0.39 is 18.3 Å². The SMILES string of the molecule is C[C@H](Nc1ccc(OC(F)(F)F)cc1)C(N)=O. The lowest BCUT2D eigenvalue weighted by Crippen LogP contribution is -2.32. The van der Waals surface area contributed by atoms with Gasteiger partial charge in [-0.1, -0.05) is 0 Å². The van der Waals surface area contributed by atoms with E-state index in [2.05, 4.69) is 10.1 Å². The Morgan fingerprint density at radius 2 is 1.88 bits per heavy atom. The Labute approximate surface area is 95.6 Å². The number of hydrogen-bond donors (Lipinski definition) is 2. The summed E-state index contributed by atoms with van der Waals surface area (Å²) in [6, 6.07) is 4.40. The first kappa shape index (κ1) is 13.1. The molecular formula is C10H11F3N2O2. The number of nitrogens with two attached hydrogens (primary N) is 1. The number of amides is 1. The van der Waals surface area contributed by atoms with Gasteiger partial charge in [-0.2, -0.15) is 0 Å². The Morgan fingerprint density at radius 1 is 1.35 bits per heavy atom. The molecule has 7 heteroatoms. The van der Waals surface area contributed by atoms with E-state index in [1.807, 2.05) is 0 Å². The van der Waals surface area contributed by atoms with Gasteiger partial charge in [-0.25, -0.2) is 0 Å². The van der Waals surface area contributed by atoms with Crippen molar-refractivity contribution in [3.05, 3.63) is 24.3 Å². The quantitative estimate of drug-likeness (QED) is 0.854. The molecular weight excluding hydrogens is 237 g/mol. The maximum atomic E-state index is 11.9. The molecule has 0 fully saturated rings. The highest BCUT2D eigenvalue weighted by Gasteiger charge is 2.30. The molecule has 3 N–H and O–H groups in total. The van der Waals surface area contributed by atoms with Crippen molar-refractivity contribution in [2.45, 2.75) is 19.3 Å². The second kappa shape index (κ2) is 4.94. The summed E-state index contributed by atoms with van der Waals surface area (Å²) in [6.45, 7) is 1.54. The van der Waals surface area contributed by atoms with Gasteiger partial charge in [-0.05, 0) is 31.2 Å². The number of ether oxygens (including phenoxy) is 1. The van der Waals surface area contributed by atoms with Crippen LogP contribution in [0.5, 0.6) is 5.75 Å². The minimum absolute atomic E-state index is 0.324. The summed E-state index contributed by atoms with van der Waals surface area (Å²) >= 11 is 0. The molecule has 0 spiro atoms. The molecule has 0 aliphatic rings. The number of alkyl halides is 3. The largest absolute Gasteiger partial charge is 0.573 e. The summed E-state index contributed by atoms with van der Waals surface area (Å²) in [7, 11) is 0. The third-order valence-electron chi connectivity index (χ3n) is 1.90. The average molecular weight is 248 g/mol. The molecule has 0 unspecified atom stereocenters. The molecule has 94 valence electrons. The van der Waals surface area contributed by atoms with Crippen LogP contribution in [0.25, 0.3) is 0 Å². The Hall–Kier alpha value is -1.92. The van der Waals surface area contributed by atoms with E-state index in [0.29, 0.717) is 5.69 Å². The smallest absolute Gasteiger partial charge is 0.406 e. The predicted molar refractivity (Wildman–Crippen MR) is 55.4 cm³/mol. The molecule has 1 aromatic rings. The fourth-order valence-electron chi connectivity index (χ4n) is 1.07. The monoisotopic (exact) mass is 248 g/mol. The first-order chi connectivity index (χ1) is 7.78. The van der Waals surface area contributed by atoms with Crippen LogP contribution in [0.2, 0.25) is 0 Å². The van der Waals surface area contributed by atoms with Crippen LogP contribution in [-0.4, -0.2) is 18.3 Å². The van der Waals surface area contributed by atoms with Crippen LogP contribution in [0.3, 0.4) is 0 Å². The van der Waals surface area contributed by atoms with Gasteiger partial charge in [0.25, 0.3) is 0 Å². The van der Waals surface area contributed by atoms with Crippen LogP contribution in [0.15, 0.2) is 24.3 Å². The minimum Gasteiger partial charge on any atom is -0.406 e. The van der Waals surface area contributed by atoms with E-state index in [4.69, 9.17) is 5.73 Å². The van der Waals surface area contributed by atoms with Crippen molar-refractivity contribution >= 4 is 11.6 Å². The number of nitrogens with one attached hydrogen (secondary N) is 1. The van der Waals surface area contributed by atoms with Gasteiger partial charge in [0.2, 0.25) is 5.91 Å². The van der Waals surface area contributed by atoms with E-state index in [1.54, 1.807) is 6.92 Å². The van der Waals surface area contributed by atoms with Gasteiger partial charge in [0, 0.05) is 5.69 Å². The molecule has 0 radical (unpaired) electrons. The van der Waals surface area contributed by atoms with Gasteiger partial charge in [-0.15, -0.1) is 13.2 Å². The Morgan fingerprint density at radius 3 is 2.29 bits per heavy atom. The second-order valence-corrected chi connectivity index (χ2v) is 3.34. The Kier molecular flexibility index (Phi) is 3.82. The van der Waals surface area contributed by atoms with Crippen molar-refractivity contribution in [1.82, 2.24) is 0 Å². The average Bonchev–Trinajstić information content (AvgIpc) is 2.18. The fraction of sp³-hybridized carbons (Fsp3) is 0.300. The number of anilines is 1. The summed E-state index contributed by atoms with van der Waals surface area (Å²) in [5.74, 6) is -0.879. The van der Waals surface area contributed by atoms with Gasteiger partial charge >= 0.3 is 6.36 Å². The van der Waals surface area contributed by atoms with Crippen molar-refractivity contribution in [3.8, 4) is 5.75 Å². The third kappa shape index (κ3) is 4.62. The van der Waals surface area contributed by atoms with E-state index in [-0.39, 0.29) is 5.75 Å². The van der Waals surface area contributed by atoms with Crippen LogP contribution < -0.4 is 15.8 Å². The van der Waals surface area contributed by atoms with Gasteiger partial charge in [-0.3, -0.25) is 4.79 Å². The lowest BCUT2D eigenvalue weighted by atomic mass is 10.2. The molecule has 0 saturated heterocycles. The predicted octanol–water partition coefficient (Wildman–Crippen LogP) is 1.87. The van der Waals surface area contributed by atoms with Crippen LogP contribution in [0.1, 0.15) is 6.92 Å². The number of hydrogen-bond acceptors (Lipinski definition) is 3. The molecule has 0 aromatic heterocycles. The topological polar surface area (TPSA) is 64.3 Å². The van der Waals surface area contributed by atoms with Crippen LogP contribution in [-0.2, 0) is 4.79 Å². The molecule has 1 rings (SSSR count). The highest BCUT2D eigenvalue weighted by Crippen LogP contribution is 2.24. The number of rotatable bonds is 4. The maximum Gasteiger partial charge on any atom is 0.573 e. The Balaban J connectivity index is 2.65. The number of primary amides is 1. The molecule has 0 heterocycles. The second-order valence-electron chi connectivity index (χ2n) is 3.34. The fourth-order valence-corrected chi connectivity index (χ4v) is 1.07. The first-order valence-corrected chi connectivity index (χ1v) is 4.69. The van der Waals surface area contributed by atoms with Crippen molar-refractivity contribution < 1.29 is 22.7 Å². The molecule has 17 heavy (non-hydrogen) atoms. The van der Waals surface area contributed by atoms with Gasteiger partial charge in [0.05, 0.1) is 0 Å². The standard InChI is InChI=1S/C10H11F3N2O2/c1-6(9(14)16)15-7-2-4-8(5-3-7)17-10(11,12)13/h2-6,15H,1H3,(H2,14,16)/t6-/m0/s1. The van der Waals surface area contributed by atoms with Crippen LogP contribution in [0.4, 0.5) is 18.9 Å². The van der Waals surface area contributed by atoms with Crippen LogP contribution in [0, 0.1) is 0 Å². The summed E-state index contributed by atoms with van der Waals surface area (Å²) in [4.78, 5) is 10.7. The summed E-state index contributed by atoms with van der Waals surface area (Å²) in [6.07, 6.45) is -4.71. The zero-order valence-electron chi connectivity index (χ0n) is 8.91. The molecule has 0 aliphatic heterocycles. The molecule has 1 amide bonds. The molecule has 1 aromatic carbocycles. The summed E-state index contributed by atoms with van der Waals surface area (Å²) in [5.41, 5.74) is 5.50. The molecule has 0 saturated carbocycles. The van der Waals surface area contributed by atoms with E-state index in [1.165, 1.54) is 12.1 Å². The van der Waals surface area contributed by atoms with Gasteiger partial charge in [0.15, 0.2) is 0 Å². The molecule has 4 nitrogen and oxygen atoms in total. The molecule has 0 bridgehead atoms. The van der Waals surface area contributed by atoms with Gasteiger partial charge in [0.1, 0.15) is 11.8 Å². The number of carbonyl (C=O) groups excluding carboxylic acids is 1. The van der Waals surface area contributed by atoms with Crippen molar-refractivity contribution in [1.29, 1.82) is 0 Å². The zero-order valence-corrected chi connectivity index (χ0v) is 8.91. The lowest BCUT2D eigenvalue weighted by Gasteiger charge is -2.13. The lowest BCUT2D eigenvalue weighted by molar-refractivity contribution is -0.274. The summed E-state index contributed by atoms with van der Waals surface area (Å²) in [5, 5.41) is 2.72. The van der Waals surface area contributed by atoms with E-state index >= 15 is 0 Å². The normalized spacial score (nSPS) is 12.9. The number of carbonyl (C=O) groups is 1. The van der Waals surface area contributed by atoms with E-state index in [0.717, 1.165) is 12.1 Å². The van der Waals surface area contributed by atoms with Crippen LogP contribution >= 0.6 is 0 Å². The summed E-state index contributed by atoms with van der Waals surface area (Å²) < 4.78 is 39.3. The molecule has 0 aliphatic carbocycles. The highest BCUT2D eigenvalue weighted by atomic mass is 19.4. The Bertz CT molecular complexity index is 390. The number of benzene rings is 1. The van der Waals surface area contributed by atoms with Crippen molar-refractivity contribution in [3.63, 3.8) is 0 Å². The zero-order chi connectivity index (χ0) is 13.1. The maximum absolute atomic E-state index is 11.9. The minimum atomic E-state index is -4.71. The number of halogens is 3.